The third-order valence-corrected chi connectivity index (χ3v) is 9.04. The van der Waals surface area contributed by atoms with Crippen molar-refractivity contribution in [2.24, 2.45) is 0 Å². The van der Waals surface area contributed by atoms with Crippen molar-refractivity contribution in [1.82, 2.24) is 13.6 Å². The Morgan fingerprint density at radius 3 is 2.26 bits per heavy atom. The molecule has 3 aromatic rings. The predicted molar refractivity (Wildman–Crippen MR) is 132 cm³/mol. The van der Waals surface area contributed by atoms with Crippen LogP contribution in [0.25, 0.3) is 10.9 Å². The van der Waals surface area contributed by atoms with Gasteiger partial charge in [-0.2, -0.15) is 13.2 Å². The molecule has 2 aromatic carbocycles. The van der Waals surface area contributed by atoms with Gasteiger partial charge in [0.15, 0.2) is 0 Å². The first-order valence-electron chi connectivity index (χ1n) is 11.5. The number of likely N-dealkylation sites (tertiary alicyclic amines) is 1. The Morgan fingerprint density at radius 2 is 1.66 bits per heavy atom. The molecular formula is C24H26F3N3O6S2. The Hall–Kier alpha value is -3.10. The van der Waals surface area contributed by atoms with E-state index in [-0.39, 0.29) is 24.4 Å². The summed E-state index contributed by atoms with van der Waals surface area (Å²) in [6.45, 7) is 5.14. The van der Waals surface area contributed by atoms with Gasteiger partial charge in [-0.15, -0.1) is 0 Å². The maximum atomic E-state index is 14.0. The zero-order chi connectivity index (χ0) is 28.1. The van der Waals surface area contributed by atoms with Gasteiger partial charge in [-0.1, -0.05) is 24.3 Å². The lowest BCUT2D eigenvalue weighted by molar-refractivity contribution is -0.136. The molecule has 0 aliphatic carbocycles. The van der Waals surface area contributed by atoms with Crippen molar-refractivity contribution in [2.75, 3.05) is 13.1 Å². The molecule has 1 aliphatic rings. The summed E-state index contributed by atoms with van der Waals surface area (Å²) in [5.74, 6) is 0. The number of nitrogens with one attached hydrogen (secondary N) is 1. The van der Waals surface area contributed by atoms with Crippen molar-refractivity contribution < 1.29 is 39.5 Å². The van der Waals surface area contributed by atoms with E-state index < -0.39 is 65.3 Å². The van der Waals surface area contributed by atoms with Gasteiger partial charge in [0.1, 0.15) is 10.5 Å². The van der Waals surface area contributed by atoms with Crippen LogP contribution in [0.2, 0.25) is 0 Å². The molecule has 9 nitrogen and oxygen atoms in total. The predicted octanol–water partition coefficient (Wildman–Crippen LogP) is 4.18. The van der Waals surface area contributed by atoms with E-state index in [4.69, 9.17) is 4.74 Å². The van der Waals surface area contributed by atoms with E-state index in [9.17, 15) is 34.8 Å². The number of carbonyl (C=O) groups excluding carboxylic acids is 1. The lowest BCUT2D eigenvalue weighted by Gasteiger charge is -2.24. The molecule has 38 heavy (non-hydrogen) atoms. The van der Waals surface area contributed by atoms with Crippen molar-refractivity contribution in [3.05, 3.63) is 60.3 Å². The van der Waals surface area contributed by atoms with Gasteiger partial charge in [0.05, 0.1) is 16.0 Å². The Morgan fingerprint density at radius 1 is 1.00 bits per heavy atom. The zero-order valence-corrected chi connectivity index (χ0v) is 22.3. The second-order valence-corrected chi connectivity index (χ2v) is 13.3. The number of benzene rings is 2. The quantitative estimate of drug-likeness (QED) is 0.490. The van der Waals surface area contributed by atoms with Gasteiger partial charge in [0.25, 0.3) is 10.0 Å². The maximum Gasteiger partial charge on any atom is 0.417 e. The van der Waals surface area contributed by atoms with Gasteiger partial charge in [0.2, 0.25) is 10.0 Å². The molecule has 1 atom stereocenters. The minimum atomic E-state index is -4.96. The van der Waals surface area contributed by atoms with Crippen molar-refractivity contribution in [1.29, 1.82) is 0 Å². The topological polar surface area (TPSA) is 115 Å². The maximum absolute atomic E-state index is 14.0. The molecular weight excluding hydrogens is 547 g/mol. The number of alkyl halides is 3. The largest absolute Gasteiger partial charge is 0.444 e. The fraction of sp³-hybridized carbons (Fsp3) is 0.375. The molecule has 1 N–H and O–H groups in total. The van der Waals surface area contributed by atoms with E-state index in [0.29, 0.717) is 16.2 Å². The average Bonchev–Trinajstić information content (AvgIpc) is 3.43. The third-order valence-electron chi connectivity index (χ3n) is 5.82. The van der Waals surface area contributed by atoms with Crippen LogP contribution >= 0.6 is 0 Å². The van der Waals surface area contributed by atoms with Crippen molar-refractivity contribution in [2.45, 2.75) is 54.8 Å². The summed E-state index contributed by atoms with van der Waals surface area (Å²) in [6.07, 6.45) is -4.74. The van der Waals surface area contributed by atoms with Gasteiger partial charge in [0, 0.05) is 30.7 Å². The van der Waals surface area contributed by atoms with Crippen LogP contribution in [0.4, 0.5) is 18.0 Å². The molecule has 1 amide bonds. The van der Waals surface area contributed by atoms with Crippen molar-refractivity contribution in [3.8, 4) is 0 Å². The number of halogens is 3. The van der Waals surface area contributed by atoms with Crippen molar-refractivity contribution in [3.63, 3.8) is 0 Å². The third kappa shape index (κ3) is 5.52. The molecule has 0 spiro atoms. The highest BCUT2D eigenvalue weighted by Crippen LogP contribution is 2.39. The molecule has 1 aliphatic heterocycles. The van der Waals surface area contributed by atoms with Crippen LogP contribution < -0.4 is 4.72 Å². The van der Waals surface area contributed by atoms with Crippen LogP contribution in [0.5, 0.6) is 0 Å². The Kier molecular flexibility index (Phi) is 7.04. The van der Waals surface area contributed by atoms with E-state index in [2.05, 4.69) is 4.72 Å². The van der Waals surface area contributed by atoms with Gasteiger partial charge in [-0.25, -0.2) is 30.3 Å². The highest BCUT2D eigenvalue weighted by molar-refractivity contribution is 7.91. The van der Waals surface area contributed by atoms with E-state index >= 15 is 0 Å². The number of fused-ring (bicyclic) bond motifs is 1. The normalized spacial score (nSPS) is 17.2. The summed E-state index contributed by atoms with van der Waals surface area (Å²) >= 11 is 0. The molecule has 2 heterocycles. The van der Waals surface area contributed by atoms with E-state index in [1.54, 1.807) is 26.8 Å². The molecule has 4 rings (SSSR count). The monoisotopic (exact) mass is 573 g/mol. The summed E-state index contributed by atoms with van der Waals surface area (Å²) in [4.78, 5) is 12.6. The van der Waals surface area contributed by atoms with Gasteiger partial charge >= 0.3 is 12.3 Å². The molecule has 1 saturated heterocycles. The number of carbonyl (C=O) groups is 1. The van der Waals surface area contributed by atoms with Crippen LogP contribution in [0.3, 0.4) is 0 Å². The zero-order valence-electron chi connectivity index (χ0n) is 20.7. The fourth-order valence-corrected chi connectivity index (χ4v) is 7.14. The van der Waals surface area contributed by atoms with Crippen LogP contribution in [0.1, 0.15) is 32.8 Å². The van der Waals surface area contributed by atoms with Crippen LogP contribution in [-0.4, -0.2) is 56.5 Å². The number of ether oxygens (including phenoxy) is 1. The molecule has 206 valence electrons. The second-order valence-electron chi connectivity index (χ2n) is 9.84. The first-order chi connectivity index (χ1) is 17.5. The van der Waals surface area contributed by atoms with E-state index in [1.165, 1.54) is 29.2 Å². The Bertz CT molecular complexity index is 1580. The molecule has 1 aromatic heterocycles. The SMILES string of the molecule is CC(C)(C)OC(=O)N1CCC(NS(=O)(=O)c2cn(S(=O)(=O)c3ccccc3)c3cccc(C(F)(F)F)c23)C1. The van der Waals surface area contributed by atoms with Crippen LogP contribution in [-0.2, 0) is 31.0 Å². The highest BCUT2D eigenvalue weighted by atomic mass is 32.2. The minimum absolute atomic E-state index is 0.0682. The molecule has 1 fully saturated rings. The summed E-state index contributed by atoms with van der Waals surface area (Å²) in [6, 6.07) is 8.96. The summed E-state index contributed by atoms with van der Waals surface area (Å²) in [7, 11) is -9.12. The Balaban J connectivity index is 1.77. The number of aromatic nitrogens is 1. The molecule has 14 heteroatoms. The second kappa shape index (κ2) is 9.58. The Labute approximate surface area is 218 Å². The summed E-state index contributed by atoms with van der Waals surface area (Å²) in [5.41, 5.74) is -2.50. The summed E-state index contributed by atoms with van der Waals surface area (Å²) < 4.78 is 104. The number of rotatable bonds is 5. The minimum Gasteiger partial charge on any atom is -0.444 e. The van der Waals surface area contributed by atoms with Gasteiger partial charge in [-0.3, -0.25) is 0 Å². The lowest BCUT2D eigenvalue weighted by atomic mass is 10.1. The number of hydrogen-bond donors (Lipinski definition) is 1. The van der Waals surface area contributed by atoms with E-state index in [1.807, 2.05) is 0 Å². The smallest absolute Gasteiger partial charge is 0.417 e. The number of sulfonamides is 1. The van der Waals surface area contributed by atoms with Crippen LogP contribution in [0, 0.1) is 0 Å². The first kappa shape index (κ1) is 27.9. The van der Waals surface area contributed by atoms with Gasteiger partial charge in [-0.05, 0) is 51.5 Å². The molecule has 0 radical (unpaired) electrons. The number of hydrogen-bond acceptors (Lipinski definition) is 6. The lowest BCUT2D eigenvalue weighted by Crippen LogP contribution is -2.40. The fourth-order valence-electron chi connectivity index (χ4n) is 4.20. The molecule has 0 saturated carbocycles. The standard InChI is InChI=1S/C24H26F3N3O6S2/c1-23(2,3)36-22(31)29-13-12-16(14-29)28-37(32,33)20-15-30(38(34,35)17-8-5-4-6-9-17)19-11-7-10-18(21(19)20)24(25,26)27/h4-11,15-16,28H,12-14H2,1-3H3. The first-order valence-corrected chi connectivity index (χ1v) is 14.5. The van der Waals surface area contributed by atoms with E-state index in [0.717, 1.165) is 12.1 Å². The van der Waals surface area contributed by atoms with Crippen molar-refractivity contribution >= 4 is 37.0 Å². The van der Waals surface area contributed by atoms with Gasteiger partial charge < -0.3 is 9.64 Å². The average molecular weight is 574 g/mol. The number of nitrogens with zero attached hydrogens (tertiary/aromatic N) is 2. The molecule has 1 unspecified atom stereocenters. The molecule has 0 bridgehead atoms. The van der Waals surface area contributed by atoms with Crippen LogP contribution in [0.15, 0.2) is 64.5 Å². The highest BCUT2D eigenvalue weighted by Gasteiger charge is 2.39. The number of amides is 1. The summed E-state index contributed by atoms with van der Waals surface area (Å²) in [5, 5.41) is -0.769.